The number of rotatable bonds is 11. The van der Waals surface area contributed by atoms with Gasteiger partial charge in [-0.3, -0.25) is 14.4 Å². The number of fused-ring (bicyclic) bond motifs is 1. The first kappa shape index (κ1) is 24.3. The van der Waals surface area contributed by atoms with Gasteiger partial charge in [-0.25, -0.2) is 0 Å². The number of unbranched alkanes of at least 4 members (excludes halogenated alkanes) is 2. The lowest BCUT2D eigenvalue weighted by molar-refractivity contribution is -0.141. The number of amides is 2. The summed E-state index contributed by atoms with van der Waals surface area (Å²) in [5.41, 5.74) is 8.54. The number of nitrogens with two attached hydrogens (primary N) is 1. The van der Waals surface area contributed by atoms with Gasteiger partial charge in [0.1, 0.15) is 6.04 Å². The van der Waals surface area contributed by atoms with Crippen LogP contribution >= 0.6 is 0 Å². The maximum atomic E-state index is 13.1. The van der Waals surface area contributed by atoms with Crippen molar-refractivity contribution in [1.29, 1.82) is 0 Å². The van der Waals surface area contributed by atoms with E-state index >= 15 is 0 Å². The lowest BCUT2D eigenvalue weighted by Crippen LogP contribution is -2.42. The number of nitrogens with one attached hydrogen (secondary N) is 2. The summed E-state index contributed by atoms with van der Waals surface area (Å²) in [5.74, 6) is -1.51. The van der Waals surface area contributed by atoms with E-state index in [9.17, 15) is 19.5 Å². The molecule has 8 nitrogen and oxygen atoms in total. The molecule has 5 N–H and O–H groups in total. The average Bonchev–Trinajstić information content (AvgIpc) is 2.93. The summed E-state index contributed by atoms with van der Waals surface area (Å²) in [5, 5.41) is 15.3. The van der Waals surface area contributed by atoms with Crippen LogP contribution in [-0.4, -0.2) is 53.5 Å². The monoisotopic (exact) mass is 452 g/mol. The van der Waals surface area contributed by atoms with E-state index in [0.29, 0.717) is 43.9 Å². The third-order valence-corrected chi connectivity index (χ3v) is 5.73. The lowest BCUT2D eigenvalue weighted by Gasteiger charge is -2.24. The Balaban J connectivity index is 1.74. The minimum atomic E-state index is -1.06. The maximum Gasteiger partial charge on any atom is 0.305 e. The van der Waals surface area contributed by atoms with E-state index in [1.54, 1.807) is 17.0 Å². The molecule has 0 saturated carbocycles. The molecule has 0 radical (unpaired) electrons. The Morgan fingerprint density at radius 3 is 2.64 bits per heavy atom. The number of hydrogen-bond donors (Lipinski definition) is 4. The molecule has 0 aliphatic carbocycles. The SMILES string of the molecule is NCCCCCNC(=O)c1ccc2c(c1)N[C@H](CC(=O)O)C(=O)N(CCc1ccccc1)C2. The highest BCUT2D eigenvalue weighted by Crippen LogP contribution is 2.26. The molecule has 0 aromatic heterocycles. The summed E-state index contributed by atoms with van der Waals surface area (Å²) in [7, 11) is 0. The van der Waals surface area contributed by atoms with E-state index in [1.165, 1.54) is 0 Å². The number of nitrogens with zero attached hydrogens (tertiary/aromatic N) is 1. The highest BCUT2D eigenvalue weighted by Gasteiger charge is 2.31. The number of hydrogen-bond acceptors (Lipinski definition) is 5. The standard InChI is InChI=1S/C25H32N4O4/c26-12-5-2-6-13-27-24(32)19-9-10-20-17-29(14-11-18-7-3-1-4-8-18)25(33)22(16-23(30)31)28-21(20)15-19/h1,3-4,7-10,15,22,28H,2,5-6,11-14,16-17,26H2,(H,27,32)(H,30,31)/t22-/m1/s1. The summed E-state index contributed by atoms with van der Waals surface area (Å²) < 4.78 is 0. The number of carbonyl (C=O) groups excluding carboxylic acids is 2. The van der Waals surface area contributed by atoms with Crippen LogP contribution in [-0.2, 0) is 22.6 Å². The minimum Gasteiger partial charge on any atom is -0.481 e. The molecule has 3 rings (SSSR count). The van der Waals surface area contributed by atoms with Gasteiger partial charge in [0.05, 0.1) is 6.42 Å². The highest BCUT2D eigenvalue weighted by molar-refractivity contribution is 5.96. The van der Waals surface area contributed by atoms with Gasteiger partial charge >= 0.3 is 5.97 Å². The molecule has 0 fully saturated rings. The van der Waals surface area contributed by atoms with Crippen LogP contribution in [0.2, 0.25) is 0 Å². The molecule has 1 aliphatic heterocycles. The van der Waals surface area contributed by atoms with Gasteiger partial charge in [-0.1, -0.05) is 42.8 Å². The summed E-state index contributed by atoms with van der Waals surface area (Å²) in [6, 6.07) is 14.2. The second-order valence-electron chi connectivity index (χ2n) is 8.27. The number of anilines is 1. The van der Waals surface area contributed by atoms with E-state index < -0.39 is 12.0 Å². The first-order valence-corrected chi connectivity index (χ1v) is 11.4. The van der Waals surface area contributed by atoms with Crippen LogP contribution < -0.4 is 16.4 Å². The molecule has 8 heteroatoms. The van der Waals surface area contributed by atoms with E-state index in [2.05, 4.69) is 10.6 Å². The molecule has 2 amide bonds. The minimum absolute atomic E-state index is 0.196. The molecule has 1 atom stereocenters. The molecule has 2 aromatic rings. The molecule has 1 heterocycles. The van der Waals surface area contributed by atoms with Gasteiger partial charge in [0.15, 0.2) is 0 Å². The van der Waals surface area contributed by atoms with Crippen molar-refractivity contribution in [2.24, 2.45) is 5.73 Å². The summed E-state index contributed by atoms with van der Waals surface area (Å²) >= 11 is 0. The fourth-order valence-corrected chi connectivity index (χ4v) is 3.90. The van der Waals surface area contributed by atoms with Crippen molar-refractivity contribution < 1.29 is 19.5 Å². The van der Waals surface area contributed by atoms with E-state index in [0.717, 1.165) is 30.4 Å². The Bertz CT molecular complexity index is 964. The smallest absolute Gasteiger partial charge is 0.305 e. The van der Waals surface area contributed by atoms with Crippen molar-refractivity contribution in [3.05, 3.63) is 65.2 Å². The maximum absolute atomic E-state index is 13.1. The number of carboxylic acids is 1. The van der Waals surface area contributed by atoms with Gasteiger partial charge < -0.3 is 26.4 Å². The lowest BCUT2D eigenvalue weighted by atomic mass is 10.1. The normalized spacial score (nSPS) is 15.4. The van der Waals surface area contributed by atoms with Crippen molar-refractivity contribution in [3.8, 4) is 0 Å². The van der Waals surface area contributed by atoms with Crippen LogP contribution in [0.15, 0.2) is 48.5 Å². The van der Waals surface area contributed by atoms with E-state index in [4.69, 9.17) is 5.73 Å². The number of aliphatic carboxylic acids is 1. The van der Waals surface area contributed by atoms with Crippen molar-refractivity contribution in [2.45, 2.75) is 44.7 Å². The molecule has 0 spiro atoms. The first-order valence-electron chi connectivity index (χ1n) is 11.4. The van der Waals surface area contributed by atoms with Gasteiger partial charge in [-0.15, -0.1) is 0 Å². The average molecular weight is 453 g/mol. The van der Waals surface area contributed by atoms with Crippen molar-refractivity contribution in [2.75, 3.05) is 25.0 Å². The Kier molecular flexibility index (Phi) is 8.83. The van der Waals surface area contributed by atoms with Gasteiger partial charge in [0, 0.05) is 30.9 Å². The molecule has 0 saturated heterocycles. The van der Waals surface area contributed by atoms with Gasteiger partial charge in [-0.2, -0.15) is 0 Å². The second kappa shape index (κ2) is 12.0. The third-order valence-electron chi connectivity index (χ3n) is 5.73. The summed E-state index contributed by atoms with van der Waals surface area (Å²) in [4.78, 5) is 38.8. The molecular formula is C25H32N4O4. The van der Waals surface area contributed by atoms with Crippen LogP contribution in [0.1, 0.15) is 47.2 Å². The predicted octanol–water partition coefficient (Wildman–Crippen LogP) is 2.39. The van der Waals surface area contributed by atoms with E-state index in [1.807, 2.05) is 36.4 Å². The fraction of sp³-hybridized carbons (Fsp3) is 0.400. The summed E-state index contributed by atoms with van der Waals surface area (Å²) in [6.07, 6.45) is 3.08. The molecule has 33 heavy (non-hydrogen) atoms. The quantitative estimate of drug-likeness (QED) is 0.388. The second-order valence-corrected chi connectivity index (χ2v) is 8.27. The number of carbonyl (C=O) groups is 3. The van der Waals surface area contributed by atoms with Gasteiger partial charge in [0.25, 0.3) is 5.91 Å². The van der Waals surface area contributed by atoms with Gasteiger partial charge in [-0.05, 0) is 49.1 Å². The van der Waals surface area contributed by atoms with Crippen LogP contribution in [0.4, 0.5) is 5.69 Å². The Morgan fingerprint density at radius 2 is 1.91 bits per heavy atom. The highest BCUT2D eigenvalue weighted by atomic mass is 16.4. The van der Waals surface area contributed by atoms with E-state index in [-0.39, 0.29) is 18.2 Å². The Labute approximate surface area is 194 Å². The first-order chi connectivity index (χ1) is 16.0. The molecule has 2 aromatic carbocycles. The number of benzene rings is 2. The molecule has 0 unspecified atom stereocenters. The predicted molar refractivity (Wildman–Crippen MR) is 127 cm³/mol. The van der Waals surface area contributed by atoms with Crippen molar-refractivity contribution in [1.82, 2.24) is 10.2 Å². The van der Waals surface area contributed by atoms with Crippen molar-refractivity contribution in [3.63, 3.8) is 0 Å². The molecule has 176 valence electrons. The fourth-order valence-electron chi connectivity index (χ4n) is 3.90. The van der Waals surface area contributed by atoms with Crippen LogP contribution in [0.25, 0.3) is 0 Å². The molecule has 1 aliphatic rings. The summed E-state index contributed by atoms with van der Waals surface area (Å²) in [6.45, 7) is 2.04. The molecular weight excluding hydrogens is 420 g/mol. The largest absolute Gasteiger partial charge is 0.481 e. The molecule has 0 bridgehead atoms. The number of carboxylic acid groups (broad SMARTS) is 1. The van der Waals surface area contributed by atoms with Crippen LogP contribution in [0.3, 0.4) is 0 Å². The Hall–Kier alpha value is -3.39. The zero-order valence-corrected chi connectivity index (χ0v) is 18.8. The van der Waals surface area contributed by atoms with Crippen molar-refractivity contribution >= 4 is 23.5 Å². The third kappa shape index (κ3) is 7.05. The zero-order chi connectivity index (χ0) is 23.6. The zero-order valence-electron chi connectivity index (χ0n) is 18.8. The topological polar surface area (TPSA) is 125 Å². The van der Waals surface area contributed by atoms with Gasteiger partial charge in [0.2, 0.25) is 5.91 Å². The van der Waals surface area contributed by atoms with Crippen LogP contribution in [0, 0.1) is 0 Å². The Morgan fingerprint density at radius 1 is 1.12 bits per heavy atom. The van der Waals surface area contributed by atoms with Crippen LogP contribution in [0.5, 0.6) is 0 Å².